The van der Waals surface area contributed by atoms with E-state index in [1.807, 2.05) is 0 Å². The van der Waals surface area contributed by atoms with Crippen LogP contribution in [0.4, 0.5) is 26.3 Å². The van der Waals surface area contributed by atoms with Gasteiger partial charge in [-0.2, -0.15) is 0 Å². The Bertz CT molecular complexity index is 206. The van der Waals surface area contributed by atoms with Gasteiger partial charge >= 0.3 is 87.6 Å². The Hall–Kier alpha value is 0.704. The molecular weight excluding hydrogens is 252 g/mol. The van der Waals surface area contributed by atoms with Crippen LogP contribution in [0.2, 0.25) is 0 Å². The number of hydrogen-bond acceptors (Lipinski definition) is 3. The molecule has 0 atom stereocenters. The molecule has 0 aliphatic rings. The molecule has 0 amide bonds. The molecule has 12 heteroatoms. The minimum absolute atomic E-state index is 0. The summed E-state index contributed by atoms with van der Waals surface area (Å²) in [4.78, 5) is 24.3. The molecule has 0 aromatic carbocycles. The molecule has 84 valence electrons. The van der Waals surface area contributed by atoms with Gasteiger partial charge in [0.05, 0.1) is 0 Å². The van der Waals surface area contributed by atoms with Gasteiger partial charge in [-0.1, -0.05) is 0 Å². The number of halogens is 6. The van der Waals surface area contributed by atoms with Gasteiger partial charge in [-0.15, -0.1) is 0 Å². The third kappa shape index (κ3) is 4.48. The van der Waals surface area contributed by atoms with Crippen LogP contribution in [-0.2, 0) is 0 Å². The van der Waals surface area contributed by atoms with Crippen molar-refractivity contribution >= 4 is 34.9 Å². The summed E-state index contributed by atoms with van der Waals surface area (Å²) in [5, 5.41) is 0. The number of rotatable bonds is 1. The van der Waals surface area contributed by atoms with E-state index in [1.165, 1.54) is 0 Å². The molecule has 0 bridgehead atoms. The zero-order valence-corrected chi connectivity index (χ0v) is 8.07. The summed E-state index contributed by atoms with van der Waals surface area (Å²) in [5.41, 5.74) is 0. The molecule has 0 radical (unpaired) electrons. The van der Waals surface area contributed by atoms with Crippen molar-refractivity contribution in [3.63, 3.8) is 0 Å². The van der Waals surface area contributed by atoms with Crippen LogP contribution in [0.3, 0.4) is 0 Å². The summed E-state index contributed by atoms with van der Waals surface area (Å²) in [6, 6.07) is 0. The summed E-state index contributed by atoms with van der Waals surface area (Å²) in [6.45, 7) is -7.50. The minimum atomic E-state index is -7.50. The van der Waals surface area contributed by atoms with Gasteiger partial charge in [-0.05, 0) is 0 Å². The van der Waals surface area contributed by atoms with Crippen LogP contribution in [0.25, 0.3) is 0 Å². The molecule has 0 spiro atoms. The Kier molecular flexibility index (Phi) is 4.81. The first-order chi connectivity index (χ1) is 5.24. The van der Waals surface area contributed by atoms with Crippen LogP contribution in [0.1, 0.15) is 0 Å². The van der Waals surface area contributed by atoms with Crippen molar-refractivity contribution in [1.29, 1.82) is 0 Å². The second-order valence-corrected chi connectivity index (χ2v) is 10.8. The molecule has 0 aliphatic carbocycles. The van der Waals surface area contributed by atoms with Gasteiger partial charge in [0.1, 0.15) is 0 Å². The first-order valence-electron chi connectivity index (χ1n) is 2.63. The second-order valence-electron chi connectivity index (χ2n) is 2.39. The second kappa shape index (κ2) is 3.94. The average molecular weight is 258 g/mol. The van der Waals surface area contributed by atoms with Crippen LogP contribution >= 0.6 is 6.83 Å². The SMILES string of the molecule is OP(O)(O)([SiH2]C(F)(F)F)C(F)(F)F.[LiH]. The summed E-state index contributed by atoms with van der Waals surface area (Å²) in [7, 11) is -4.45. The molecule has 0 aromatic heterocycles. The van der Waals surface area contributed by atoms with Gasteiger partial charge in [0.2, 0.25) is 0 Å². The van der Waals surface area contributed by atoms with E-state index < -0.39 is 27.7 Å². The average Bonchev–Trinajstić information content (AvgIpc) is 1.48. The Labute approximate surface area is 88.1 Å². The van der Waals surface area contributed by atoms with E-state index in [9.17, 15) is 26.3 Å². The molecule has 3 nitrogen and oxygen atoms in total. The predicted molar refractivity (Wildman–Crippen MR) is 41.4 cm³/mol. The summed E-state index contributed by atoms with van der Waals surface area (Å²) < 4.78 is 69.1. The molecule has 0 rings (SSSR count). The molecular formula is C2H6F6LiO3PSi. The van der Waals surface area contributed by atoms with Crippen molar-refractivity contribution < 1.29 is 41.0 Å². The predicted octanol–water partition coefficient (Wildman–Crippen LogP) is -0.264. The Morgan fingerprint density at radius 2 is 1.14 bits per heavy atom. The van der Waals surface area contributed by atoms with Gasteiger partial charge in [0, 0.05) is 0 Å². The van der Waals surface area contributed by atoms with Crippen molar-refractivity contribution in [2.75, 3.05) is 0 Å². The molecule has 0 aliphatic heterocycles. The zero-order valence-electron chi connectivity index (χ0n) is 5.76. The van der Waals surface area contributed by atoms with Gasteiger partial charge < -0.3 is 0 Å². The van der Waals surface area contributed by atoms with E-state index in [0.717, 1.165) is 0 Å². The maximum absolute atomic E-state index is 11.6. The summed E-state index contributed by atoms with van der Waals surface area (Å²) in [5.74, 6) is -11.4. The van der Waals surface area contributed by atoms with Crippen LogP contribution in [0.15, 0.2) is 0 Å². The third-order valence-corrected chi connectivity index (χ3v) is 6.87. The van der Waals surface area contributed by atoms with Crippen molar-refractivity contribution in [2.45, 2.75) is 11.7 Å². The first-order valence-corrected chi connectivity index (χ1v) is 7.51. The van der Waals surface area contributed by atoms with Crippen LogP contribution < -0.4 is 0 Å². The Morgan fingerprint density at radius 3 is 1.21 bits per heavy atom. The molecule has 14 heavy (non-hydrogen) atoms. The maximum atomic E-state index is 11.6. The molecule has 3 N–H and O–H groups in total. The van der Waals surface area contributed by atoms with Crippen molar-refractivity contribution in [1.82, 2.24) is 0 Å². The van der Waals surface area contributed by atoms with Gasteiger partial charge in [-0.3, -0.25) is 0 Å². The van der Waals surface area contributed by atoms with Gasteiger partial charge in [0.15, 0.2) is 0 Å². The summed E-state index contributed by atoms with van der Waals surface area (Å²) >= 11 is 0. The fourth-order valence-electron chi connectivity index (χ4n) is 0.420. The number of hydrogen-bond donors (Lipinski definition) is 3. The van der Waals surface area contributed by atoms with E-state index in [-0.39, 0.29) is 18.9 Å². The fourth-order valence-corrected chi connectivity index (χ4v) is 3.78. The van der Waals surface area contributed by atoms with Crippen molar-refractivity contribution in [3.8, 4) is 0 Å². The Balaban J connectivity index is 0. The van der Waals surface area contributed by atoms with E-state index in [2.05, 4.69) is 0 Å². The Morgan fingerprint density at radius 1 is 0.857 bits per heavy atom. The van der Waals surface area contributed by atoms with Crippen LogP contribution in [-0.4, -0.2) is 54.4 Å². The third-order valence-electron chi connectivity index (χ3n) is 0.990. The zero-order chi connectivity index (χ0) is 11.2. The standard InChI is InChI=1S/C2H5F6O3PSi.Li.H/c3-1(4,5)12(9,10,11)13-2(6,7)8;;/h9-11H,13H2;;. The molecule has 0 fully saturated rings. The molecule has 0 saturated heterocycles. The van der Waals surface area contributed by atoms with Crippen molar-refractivity contribution in [2.24, 2.45) is 0 Å². The first kappa shape index (κ1) is 17.1. The summed E-state index contributed by atoms with van der Waals surface area (Å²) in [6.07, 6.45) is 0. The molecule has 0 heterocycles. The number of alkyl halides is 6. The van der Waals surface area contributed by atoms with E-state index in [4.69, 9.17) is 14.7 Å². The van der Waals surface area contributed by atoms with Gasteiger partial charge in [-0.25, -0.2) is 0 Å². The fraction of sp³-hybridized carbons (Fsp3) is 1.00. The van der Waals surface area contributed by atoms with E-state index in [1.54, 1.807) is 0 Å². The van der Waals surface area contributed by atoms with E-state index >= 15 is 0 Å². The molecule has 0 aromatic rings. The molecule has 0 unspecified atom stereocenters. The van der Waals surface area contributed by atoms with Crippen LogP contribution in [0, 0.1) is 0 Å². The topological polar surface area (TPSA) is 60.7 Å². The van der Waals surface area contributed by atoms with Crippen molar-refractivity contribution in [3.05, 3.63) is 0 Å². The van der Waals surface area contributed by atoms with E-state index in [0.29, 0.717) is 0 Å². The monoisotopic (exact) mass is 258 g/mol. The quantitative estimate of drug-likeness (QED) is 0.345. The van der Waals surface area contributed by atoms with Crippen LogP contribution in [0.5, 0.6) is 0 Å². The normalized spacial score (nSPS) is 17.6. The molecule has 0 saturated carbocycles. The van der Waals surface area contributed by atoms with Gasteiger partial charge in [0.25, 0.3) is 0 Å².